The van der Waals surface area contributed by atoms with Crippen LogP contribution >= 0.6 is 0 Å². The van der Waals surface area contributed by atoms with Crippen LogP contribution in [0.2, 0.25) is 0 Å². The standard InChI is InChI=1S/C27H66N10/c1-19(29)11-30-21(3)13-32-23(5)15-34-25(7)17-36-27(9)18-37-26(8)16-35-24(6)14-33-22(4)12-31-20(2)10-28/h19-27,30-37H,10-18,28-29H2,1-9H3. The highest BCUT2D eigenvalue weighted by atomic mass is 15.1. The summed E-state index contributed by atoms with van der Waals surface area (Å²) in [6.45, 7) is 27.9. The summed E-state index contributed by atoms with van der Waals surface area (Å²) in [7, 11) is 0. The van der Waals surface area contributed by atoms with Gasteiger partial charge in [-0.1, -0.05) is 0 Å². The highest BCUT2D eigenvalue weighted by Crippen LogP contribution is 1.90. The summed E-state index contributed by atoms with van der Waals surface area (Å²) in [4.78, 5) is 0. The van der Waals surface area contributed by atoms with Gasteiger partial charge in [-0.2, -0.15) is 0 Å². The highest BCUT2D eigenvalue weighted by molar-refractivity contribution is 4.77. The second-order valence-electron chi connectivity index (χ2n) is 11.7. The van der Waals surface area contributed by atoms with Gasteiger partial charge >= 0.3 is 0 Å². The molecule has 0 aromatic heterocycles. The average molecular weight is 531 g/mol. The molecule has 0 spiro atoms. The molecule has 9 atom stereocenters. The molecule has 0 aliphatic rings. The fourth-order valence-corrected chi connectivity index (χ4v) is 3.62. The molecule has 0 aromatic carbocycles. The summed E-state index contributed by atoms with van der Waals surface area (Å²) in [6, 6.07) is 3.50. The summed E-state index contributed by atoms with van der Waals surface area (Å²) >= 11 is 0. The molecule has 0 saturated carbocycles. The van der Waals surface area contributed by atoms with Gasteiger partial charge in [0, 0.05) is 113 Å². The molecular weight excluding hydrogens is 464 g/mol. The smallest absolute Gasteiger partial charge is 0.0164 e. The van der Waals surface area contributed by atoms with Crippen molar-refractivity contribution in [2.24, 2.45) is 11.5 Å². The van der Waals surface area contributed by atoms with Crippen LogP contribution in [0.1, 0.15) is 62.3 Å². The van der Waals surface area contributed by atoms with E-state index in [0.717, 1.165) is 52.4 Å². The van der Waals surface area contributed by atoms with Gasteiger partial charge in [0.2, 0.25) is 0 Å². The molecule has 0 aromatic rings. The molecule has 0 heterocycles. The van der Waals surface area contributed by atoms with Crippen LogP contribution in [0.3, 0.4) is 0 Å². The van der Waals surface area contributed by atoms with Crippen LogP contribution in [0, 0.1) is 0 Å². The Hall–Kier alpha value is -0.400. The Bertz CT molecular complexity index is 510. The van der Waals surface area contributed by atoms with E-state index in [1.807, 2.05) is 6.92 Å². The zero-order chi connectivity index (χ0) is 28.2. The third-order valence-corrected chi connectivity index (χ3v) is 6.55. The second-order valence-corrected chi connectivity index (χ2v) is 11.7. The maximum absolute atomic E-state index is 5.81. The number of nitrogens with one attached hydrogen (secondary N) is 8. The van der Waals surface area contributed by atoms with Crippen molar-refractivity contribution in [3.63, 3.8) is 0 Å². The van der Waals surface area contributed by atoms with Crippen LogP contribution in [0.5, 0.6) is 0 Å². The molecule has 0 amide bonds. The van der Waals surface area contributed by atoms with Gasteiger partial charge in [-0.15, -0.1) is 0 Å². The summed E-state index contributed by atoms with van der Waals surface area (Å²) < 4.78 is 0. The lowest BCUT2D eigenvalue weighted by molar-refractivity contribution is 0.387. The first-order chi connectivity index (χ1) is 17.4. The maximum atomic E-state index is 5.81. The molecule has 10 nitrogen and oxygen atoms in total. The highest BCUT2D eigenvalue weighted by Gasteiger charge is 2.11. The SMILES string of the molecule is CC(N)CNC(C)CNC(C)CNC(C)CNC(C)CNC(C)CNC(C)CNC(C)CNC(C)CN. The van der Waals surface area contributed by atoms with E-state index < -0.39 is 0 Å². The fraction of sp³-hybridized carbons (Fsp3) is 1.00. The van der Waals surface area contributed by atoms with Crippen molar-refractivity contribution < 1.29 is 0 Å². The van der Waals surface area contributed by atoms with Gasteiger partial charge in [0.15, 0.2) is 0 Å². The van der Waals surface area contributed by atoms with Gasteiger partial charge < -0.3 is 54.0 Å². The van der Waals surface area contributed by atoms with Gasteiger partial charge in [0.05, 0.1) is 0 Å². The molecule has 0 saturated heterocycles. The molecule has 9 unspecified atom stereocenters. The number of hydrogen-bond acceptors (Lipinski definition) is 10. The van der Waals surface area contributed by atoms with Gasteiger partial charge in [-0.25, -0.2) is 0 Å². The van der Waals surface area contributed by atoms with Crippen molar-refractivity contribution >= 4 is 0 Å². The zero-order valence-electron chi connectivity index (χ0n) is 25.7. The predicted octanol–water partition coefficient (Wildman–Crippen LogP) is -0.883. The van der Waals surface area contributed by atoms with E-state index in [0.29, 0.717) is 54.9 Å². The Labute approximate surface area is 229 Å². The minimum atomic E-state index is 0.191. The van der Waals surface area contributed by atoms with E-state index >= 15 is 0 Å². The van der Waals surface area contributed by atoms with Crippen LogP contribution in [0.15, 0.2) is 0 Å². The van der Waals surface area contributed by atoms with E-state index in [-0.39, 0.29) is 6.04 Å². The number of rotatable bonds is 25. The first-order valence-corrected chi connectivity index (χ1v) is 14.7. The van der Waals surface area contributed by atoms with E-state index in [1.165, 1.54) is 0 Å². The van der Waals surface area contributed by atoms with Crippen molar-refractivity contribution in [2.45, 2.75) is 117 Å². The monoisotopic (exact) mass is 531 g/mol. The first kappa shape index (κ1) is 36.6. The van der Waals surface area contributed by atoms with Crippen LogP contribution in [-0.4, -0.2) is 113 Å². The Kier molecular flexibility index (Phi) is 22.2. The maximum Gasteiger partial charge on any atom is 0.0164 e. The van der Waals surface area contributed by atoms with Crippen molar-refractivity contribution in [1.29, 1.82) is 0 Å². The van der Waals surface area contributed by atoms with Crippen LogP contribution in [-0.2, 0) is 0 Å². The normalized spacial score (nSPS) is 19.5. The predicted molar refractivity (Wildman–Crippen MR) is 162 cm³/mol. The molecule has 0 aliphatic heterocycles. The Morgan fingerprint density at radius 1 is 0.351 bits per heavy atom. The van der Waals surface area contributed by atoms with Crippen LogP contribution in [0.4, 0.5) is 0 Å². The van der Waals surface area contributed by atoms with Gasteiger partial charge in [0.1, 0.15) is 0 Å². The molecule has 0 aliphatic carbocycles. The summed E-state index contributed by atoms with van der Waals surface area (Å²) in [6.07, 6.45) is 0. The largest absolute Gasteiger partial charge is 0.329 e. The Morgan fingerprint density at radius 3 is 0.730 bits per heavy atom. The summed E-state index contributed by atoms with van der Waals surface area (Å²) in [5.41, 5.74) is 11.5. The molecular formula is C27H66N10. The van der Waals surface area contributed by atoms with Gasteiger partial charge in [-0.3, -0.25) is 0 Å². The average Bonchev–Trinajstić information content (AvgIpc) is 2.87. The Balaban J connectivity index is 3.85. The van der Waals surface area contributed by atoms with Gasteiger partial charge in [-0.05, 0) is 62.3 Å². The van der Waals surface area contributed by atoms with Crippen LogP contribution in [0.25, 0.3) is 0 Å². The van der Waals surface area contributed by atoms with E-state index in [1.54, 1.807) is 0 Å². The quantitative estimate of drug-likeness (QED) is 0.0721. The lowest BCUT2D eigenvalue weighted by Gasteiger charge is -2.25. The van der Waals surface area contributed by atoms with E-state index in [4.69, 9.17) is 11.5 Å². The zero-order valence-corrected chi connectivity index (χ0v) is 25.7. The topological polar surface area (TPSA) is 148 Å². The summed E-state index contributed by atoms with van der Waals surface area (Å²) in [5, 5.41) is 28.6. The number of nitrogens with two attached hydrogens (primary N) is 2. The molecule has 0 rings (SSSR count). The minimum absolute atomic E-state index is 0.191. The molecule has 0 fully saturated rings. The van der Waals surface area contributed by atoms with E-state index in [9.17, 15) is 0 Å². The third-order valence-electron chi connectivity index (χ3n) is 6.55. The lowest BCUT2D eigenvalue weighted by Crippen LogP contribution is -2.50. The molecule has 0 bridgehead atoms. The molecule has 224 valence electrons. The molecule has 0 radical (unpaired) electrons. The summed E-state index contributed by atoms with van der Waals surface area (Å²) in [5.74, 6) is 0. The fourth-order valence-electron chi connectivity index (χ4n) is 3.62. The van der Waals surface area contributed by atoms with Crippen molar-refractivity contribution in [2.75, 3.05) is 58.9 Å². The molecule has 37 heavy (non-hydrogen) atoms. The van der Waals surface area contributed by atoms with Crippen molar-refractivity contribution in [1.82, 2.24) is 42.5 Å². The third kappa shape index (κ3) is 23.2. The minimum Gasteiger partial charge on any atom is -0.329 e. The van der Waals surface area contributed by atoms with Crippen molar-refractivity contribution in [3.8, 4) is 0 Å². The van der Waals surface area contributed by atoms with Gasteiger partial charge in [0.25, 0.3) is 0 Å². The van der Waals surface area contributed by atoms with Crippen LogP contribution < -0.4 is 54.0 Å². The number of hydrogen-bond donors (Lipinski definition) is 10. The molecule has 12 N–H and O–H groups in total. The lowest BCUT2D eigenvalue weighted by atomic mass is 10.2. The van der Waals surface area contributed by atoms with E-state index in [2.05, 4.69) is 97.9 Å². The first-order valence-electron chi connectivity index (χ1n) is 14.7. The van der Waals surface area contributed by atoms with Crippen molar-refractivity contribution in [3.05, 3.63) is 0 Å². The second kappa shape index (κ2) is 22.4. The molecule has 10 heteroatoms. The Morgan fingerprint density at radius 2 is 0.541 bits per heavy atom.